The lowest BCUT2D eigenvalue weighted by Gasteiger charge is -2.40. The van der Waals surface area contributed by atoms with E-state index in [1.807, 2.05) is 32.9 Å². The zero-order valence-corrected chi connectivity index (χ0v) is 24.3. The Morgan fingerprint density at radius 3 is 2.29 bits per heavy atom. The molecule has 1 saturated carbocycles. The second kappa shape index (κ2) is 12.2. The van der Waals surface area contributed by atoms with Crippen LogP contribution in [0.25, 0.3) is 0 Å². The van der Waals surface area contributed by atoms with Crippen molar-refractivity contribution in [1.29, 1.82) is 0 Å². The molecule has 1 aromatic heterocycles. The second-order valence-electron chi connectivity index (χ2n) is 11.3. The molecule has 38 heavy (non-hydrogen) atoms. The largest absolute Gasteiger partial charge is 0.378 e. The third-order valence-electron chi connectivity index (χ3n) is 7.54. The fourth-order valence-corrected chi connectivity index (χ4v) is 5.41. The van der Waals surface area contributed by atoms with Gasteiger partial charge in [-0.3, -0.25) is 9.59 Å². The molecule has 1 aliphatic rings. The van der Waals surface area contributed by atoms with E-state index in [0.29, 0.717) is 28.8 Å². The standard InChI is InChI=1S/C31H44N4O3/c1-9-35(25-12-10-24(11-13-25)34(7)8)28-18-23(14-15-31(5,6)38)17-26(22(28)4)29(36)32-19-27-20(2)16-21(3)33-30(27)37/h16-18,24-25,38H,9-13,19H2,1-8H3,(H,32,36)(H,33,37). The first-order valence-electron chi connectivity index (χ1n) is 13.6. The number of H-pyrrole nitrogens is 1. The number of nitrogens with one attached hydrogen (secondary N) is 2. The molecule has 1 fully saturated rings. The van der Waals surface area contributed by atoms with E-state index >= 15 is 0 Å². The summed E-state index contributed by atoms with van der Waals surface area (Å²) >= 11 is 0. The summed E-state index contributed by atoms with van der Waals surface area (Å²) in [4.78, 5) is 33.5. The summed E-state index contributed by atoms with van der Waals surface area (Å²) in [6, 6.07) is 6.72. The molecule has 0 spiro atoms. The van der Waals surface area contributed by atoms with E-state index in [2.05, 4.69) is 53.0 Å². The molecule has 1 heterocycles. The molecule has 1 aliphatic carbocycles. The molecule has 0 atom stereocenters. The lowest BCUT2D eigenvalue weighted by atomic mass is 9.88. The lowest BCUT2D eigenvalue weighted by molar-refractivity contribution is 0.0950. The second-order valence-corrected chi connectivity index (χ2v) is 11.3. The monoisotopic (exact) mass is 520 g/mol. The van der Waals surface area contributed by atoms with Crippen LogP contribution in [0.2, 0.25) is 0 Å². The van der Waals surface area contributed by atoms with Gasteiger partial charge in [0.25, 0.3) is 11.5 Å². The van der Waals surface area contributed by atoms with Gasteiger partial charge in [-0.25, -0.2) is 0 Å². The molecular formula is C31H44N4O3. The van der Waals surface area contributed by atoms with Crippen molar-refractivity contribution in [2.75, 3.05) is 25.5 Å². The number of nitrogens with zero attached hydrogens (tertiary/aromatic N) is 2. The molecular weight excluding hydrogens is 476 g/mol. The van der Waals surface area contributed by atoms with E-state index < -0.39 is 5.60 Å². The van der Waals surface area contributed by atoms with Crippen LogP contribution in [0.15, 0.2) is 23.0 Å². The minimum Gasteiger partial charge on any atom is -0.378 e. The predicted molar refractivity (Wildman–Crippen MR) is 155 cm³/mol. The Morgan fingerprint density at radius 2 is 1.74 bits per heavy atom. The molecule has 2 aromatic rings. The van der Waals surface area contributed by atoms with E-state index in [1.54, 1.807) is 19.9 Å². The first-order valence-corrected chi connectivity index (χ1v) is 13.6. The van der Waals surface area contributed by atoms with Crippen molar-refractivity contribution >= 4 is 11.6 Å². The summed E-state index contributed by atoms with van der Waals surface area (Å²) in [5.41, 5.74) is 3.96. The third-order valence-corrected chi connectivity index (χ3v) is 7.54. The minimum absolute atomic E-state index is 0.140. The van der Waals surface area contributed by atoms with Crippen LogP contribution in [0.4, 0.5) is 5.69 Å². The number of anilines is 1. The number of carbonyl (C=O) groups is 1. The highest BCUT2D eigenvalue weighted by molar-refractivity contribution is 5.97. The van der Waals surface area contributed by atoms with E-state index in [4.69, 9.17) is 0 Å². The zero-order chi connectivity index (χ0) is 28.2. The molecule has 3 N–H and O–H groups in total. The smallest absolute Gasteiger partial charge is 0.253 e. The van der Waals surface area contributed by atoms with Crippen molar-refractivity contribution in [3.63, 3.8) is 0 Å². The van der Waals surface area contributed by atoms with Gasteiger partial charge in [0, 0.05) is 53.2 Å². The van der Waals surface area contributed by atoms with Gasteiger partial charge >= 0.3 is 0 Å². The van der Waals surface area contributed by atoms with E-state index in [-0.39, 0.29) is 18.0 Å². The molecule has 0 radical (unpaired) electrons. The zero-order valence-electron chi connectivity index (χ0n) is 24.3. The van der Waals surface area contributed by atoms with Crippen LogP contribution in [-0.4, -0.2) is 59.2 Å². The number of pyridine rings is 1. The fraction of sp³-hybridized carbons (Fsp3) is 0.548. The number of benzene rings is 1. The lowest BCUT2D eigenvalue weighted by Crippen LogP contribution is -2.42. The Labute approximate surface area is 227 Å². The highest BCUT2D eigenvalue weighted by atomic mass is 16.3. The minimum atomic E-state index is -1.15. The number of aromatic amines is 1. The van der Waals surface area contributed by atoms with Crippen molar-refractivity contribution in [3.8, 4) is 11.8 Å². The SMILES string of the molecule is CCN(c1cc(C#CC(C)(C)O)cc(C(=O)NCc2c(C)cc(C)[nH]c2=O)c1C)C1CCC(N(C)C)CC1. The normalized spacial score (nSPS) is 17.6. The van der Waals surface area contributed by atoms with E-state index in [0.717, 1.165) is 54.7 Å². The van der Waals surface area contributed by atoms with Crippen LogP contribution in [0.3, 0.4) is 0 Å². The number of carbonyl (C=O) groups excluding carboxylic acids is 1. The van der Waals surface area contributed by atoms with Crippen molar-refractivity contribution in [2.45, 2.75) is 91.5 Å². The van der Waals surface area contributed by atoms with Gasteiger partial charge in [0.2, 0.25) is 0 Å². The van der Waals surface area contributed by atoms with Gasteiger partial charge in [0.05, 0.1) is 0 Å². The Hall–Kier alpha value is -3.08. The van der Waals surface area contributed by atoms with Crippen molar-refractivity contribution in [1.82, 2.24) is 15.2 Å². The van der Waals surface area contributed by atoms with Gasteiger partial charge < -0.3 is 25.2 Å². The van der Waals surface area contributed by atoms with Gasteiger partial charge in [-0.1, -0.05) is 11.8 Å². The van der Waals surface area contributed by atoms with Crippen LogP contribution in [0.5, 0.6) is 0 Å². The van der Waals surface area contributed by atoms with Crippen LogP contribution in [-0.2, 0) is 6.54 Å². The van der Waals surface area contributed by atoms with Gasteiger partial charge in [-0.15, -0.1) is 0 Å². The number of hydrogen-bond donors (Lipinski definition) is 3. The predicted octanol–water partition coefficient (Wildman–Crippen LogP) is 4.05. The van der Waals surface area contributed by atoms with Crippen LogP contribution in [0.1, 0.15) is 84.8 Å². The van der Waals surface area contributed by atoms with Crippen molar-refractivity contribution < 1.29 is 9.90 Å². The summed E-state index contributed by atoms with van der Waals surface area (Å²) in [6.45, 7) is 12.1. The molecule has 1 aromatic carbocycles. The van der Waals surface area contributed by atoms with Crippen LogP contribution >= 0.6 is 0 Å². The quantitative estimate of drug-likeness (QED) is 0.480. The molecule has 7 nitrogen and oxygen atoms in total. The fourth-order valence-electron chi connectivity index (χ4n) is 5.41. The van der Waals surface area contributed by atoms with Gasteiger partial charge in [0.1, 0.15) is 5.60 Å². The molecule has 1 amide bonds. The topological polar surface area (TPSA) is 88.7 Å². The Kier molecular flexibility index (Phi) is 9.45. The number of rotatable bonds is 7. The summed E-state index contributed by atoms with van der Waals surface area (Å²) in [5.74, 6) is 5.72. The van der Waals surface area contributed by atoms with Gasteiger partial charge in [0.15, 0.2) is 0 Å². The summed E-state index contributed by atoms with van der Waals surface area (Å²) in [5, 5.41) is 13.2. The molecule has 7 heteroatoms. The maximum Gasteiger partial charge on any atom is 0.253 e. The number of aliphatic hydroxyl groups is 1. The highest BCUT2D eigenvalue weighted by Gasteiger charge is 2.28. The maximum absolute atomic E-state index is 13.5. The molecule has 0 aliphatic heterocycles. The van der Waals surface area contributed by atoms with Gasteiger partial charge in [-0.05, 0) is 111 Å². The number of aryl methyl sites for hydroxylation is 2. The number of hydrogen-bond acceptors (Lipinski definition) is 5. The summed E-state index contributed by atoms with van der Waals surface area (Å²) in [7, 11) is 4.29. The Balaban J connectivity index is 1.97. The maximum atomic E-state index is 13.5. The highest BCUT2D eigenvalue weighted by Crippen LogP contribution is 2.33. The molecule has 0 saturated heterocycles. The summed E-state index contributed by atoms with van der Waals surface area (Å²) < 4.78 is 0. The molecule has 0 unspecified atom stereocenters. The number of aromatic nitrogens is 1. The van der Waals surface area contributed by atoms with Crippen LogP contribution < -0.4 is 15.8 Å². The molecule has 206 valence electrons. The van der Waals surface area contributed by atoms with Crippen molar-refractivity contribution in [3.05, 3.63) is 62.1 Å². The first-order chi connectivity index (χ1) is 17.8. The molecule has 0 bridgehead atoms. The first kappa shape index (κ1) is 29.5. The van der Waals surface area contributed by atoms with Gasteiger partial charge in [-0.2, -0.15) is 0 Å². The van der Waals surface area contributed by atoms with Crippen molar-refractivity contribution in [2.24, 2.45) is 0 Å². The average Bonchev–Trinajstić information content (AvgIpc) is 2.83. The molecule has 3 rings (SSSR count). The van der Waals surface area contributed by atoms with E-state index in [9.17, 15) is 14.7 Å². The van der Waals surface area contributed by atoms with E-state index in [1.165, 1.54) is 0 Å². The summed E-state index contributed by atoms with van der Waals surface area (Å²) in [6.07, 6.45) is 4.46. The third kappa shape index (κ3) is 7.27. The van der Waals surface area contributed by atoms with Crippen LogP contribution in [0, 0.1) is 32.6 Å². The Bertz CT molecular complexity index is 1270. The average molecular weight is 521 g/mol. The number of amides is 1. The Morgan fingerprint density at radius 1 is 1.11 bits per heavy atom.